The molecule has 3 nitrogen and oxygen atoms in total. The third-order valence-corrected chi connectivity index (χ3v) is 1.87. The van der Waals surface area contributed by atoms with Gasteiger partial charge >= 0.3 is 0 Å². The first-order chi connectivity index (χ1) is 6.59. The molecule has 0 aliphatic rings. The number of rotatable bonds is 3. The summed E-state index contributed by atoms with van der Waals surface area (Å²) in [6.45, 7) is 5.93. The van der Waals surface area contributed by atoms with Gasteiger partial charge in [0.25, 0.3) is 0 Å². The van der Waals surface area contributed by atoms with Crippen LogP contribution in [0.3, 0.4) is 0 Å². The molecule has 1 rings (SSSR count). The molecule has 1 aromatic rings. The second-order valence-corrected chi connectivity index (χ2v) is 3.78. The van der Waals surface area contributed by atoms with E-state index in [1.165, 1.54) is 0 Å². The van der Waals surface area contributed by atoms with Crippen LogP contribution in [0.5, 0.6) is 0 Å². The monoisotopic (exact) mass is 192 g/mol. The third-order valence-electron chi connectivity index (χ3n) is 1.87. The van der Waals surface area contributed by atoms with E-state index in [2.05, 4.69) is 10.3 Å². The SMILES string of the molecule is Cc1ncccc1NC(=O)CC(C)C. The van der Waals surface area contributed by atoms with Gasteiger partial charge in [0.15, 0.2) is 0 Å². The van der Waals surface area contributed by atoms with Crippen molar-refractivity contribution in [1.82, 2.24) is 4.98 Å². The summed E-state index contributed by atoms with van der Waals surface area (Å²) >= 11 is 0. The van der Waals surface area contributed by atoms with Crippen molar-refractivity contribution in [3.05, 3.63) is 24.0 Å². The minimum absolute atomic E-state index is 0.0519. The first kappa shape index (κ1) is 10.7. The van der Waals surface area contributed by atoms with Crippen LogP contribution in [0.15, 0.2) is 18.3 Å². The van der Waals surface area contributed by atoms with Gasteiger partial charge in [-0.05, 0) is 25.0 Å². The van der Waals surface area contributed by atoms with Gasteiger partial charge in [-0.3, -0.25) is 9.78 Å². The van der Waals surface area contributed by atoms with Gasteiger partial charge in [0.1, 0.15) is 0 Å². The molecule has 0 fully saturated rings. The van der Waals surface area contributed by atoms with Crippen LogP contribution in [0.2, 0.25) is 0 Å². The number of amides is 1. The van der Waals surface area contributed by atoms with Crippen LogP contribution in [0, 0.1) is 12.8 Å². The molecule has 14 heavy (non-hydrogen) atoms. The summed E-state index contributed by atoms with van der Waals surface area (Å²) in [6.07, 6.45) is 2.27. The van der Waals surface area contributed by atoms with Gasteiger partial charge in [0.2, 0.25) is 5.91 Å². The molecule has 0 spiro atoms. The number of anilines is 1. The van der Waals surface area contributed by atoms with Crippen LogP contribution in [0.1, 0.15) is 26.0 Å². The van der Waals surface area contributed by atoms with Crippen molar-refractivity contribution in [2.75, 3.05) is 5.32 Å². The Bertz CT molecular complexity index is 321. The summed E-state index contributed by atoms with van der Waals surface area (Å²) in [7, 11) is 0. The number of nitrogens with one attached hydrogen (secondary N) is 1. The molecule has 0 aromatic carbocycles. The van der Waals surface area contributed by atoms with E-state index in [1.807, 2.05) is 32.9 Å². The Kier molecular flexibility index (Phi) is 3.63. The van der Waals surface area contributed by atoms with Gasteiger partial charge in [0, 0.05) is 12.6 Å². The summed E-state index contributed by atoms with van der Waals surface area (Å²) in [6, 6.07) is 3.68. The van der Waals surface area contributed by atoms with Crippen LogP contribution in [-0.4, -0.2) is 10.9 Å². The van der Waals surface area contributed by atoms with Crippen molar-refractivity contribution in [2.24, 2.45) is 5.92 Å². The van der Waals surface area contributed by atoms with Gasteiger partial charge in [-0.2, -0.15) is 0 Å². The molecule has 1 N–H and O–H groups in total. The summed E-state index contributed by atoms with van der Waals surface area (Å²) in [5, 5.41) is 2.84. The molecule has 0 unspecified atom stereocenters. The summed E-state index contributed by atoms with van der Waals surface area (Å²) < 4.78 is 0. The Morgan fingerprint density at radius 2 is 2.29 bits per heavy atom. The molecular weight excluding hydrogens is 176 g/mol. The maximum absolute atomic E-state index is 11.4. The predicted molar refractivity (Wildman–Crippen MR) is 57.1 cm³/mol. The highest BCUT2D eigenvalue weighted by atomic mass is 16.1. The maximum Gasteiger partial charge on any atom is 0.224 e. The summed E-state index contributed by atoms with van der Waals surface area (Å²) in [5.74, 6) is 0.433. The van der Waals surface area contributed by atoms with Crippen molar-refractivity contribution in [2.45, 2.75) is 27.2 Å². The van der Waals surface area contributed by atoms with Crippen molar-refractivity contribution in [3.8, 4) is 0 Å². The summed E-state index contributed by atoms with van der Waals surface area (Å²) in [5.41, 5.74) is 1.66. The Labute approximate surface area is 84.6 Å². The lowest BCUT2D eigenvalue weighted by atomic mass is 10.1. The van der Waals surface area contributed by atoms with Crippen LogP contribution in [-0.2, 0) is 4.79 Å². The molecule has 1 aromatic heterocycles. The lowest BCUT2D eigenvalue weighted by molar-refractivity contribution is -0.116. The van der Waals surface area contributed by atoms with E-state index in [1.54, 1.807) is 6.20 Å². The molecule has 0 saturated heterocycles. The van der Waals surface area contributed by atoms with E-state index in [-0.39, 0.29) is 5.91 Å². The zero-order valence-electron chi connectivity index (χ0n) is 8.87. The van der Waals surface area contributed by atoms with Crippen molar-refractivity contribution in [3.63, 3.8) is 0 Å². The second kappa shape index (κ2) is 4.74. The molecule has 0 aliphatic heterocycles. The van der Waals surface area contributed by atoms with Crippen LogP contribution < -0.4 is 5.32 Å². The fourth-order valence-electron chi connectivity index (χ4n) is 1.19. The first-order valence-electron chi connectivity index (χ1n) is 4.81. The highest BCUT2D eigenvalue weighted by Gasteiger charge is 2.06. The van der Waals surface area contributed by atoms with Crippen LogP contribution in [0.25, 0.3) is 0 Å². The van der Waals surface area contributed by atoms with Crippen molar-refractivity contribution in [1.29, 1.82) is 0 Å². The van der Waals surface area contributed by atoms with Gasteiger partial charge < -0.3 is 5.32 Å². The molecule has 3 heteroatoms. The number of carbonyl (C=O) groups excluding carboxylic acids is 1. The third kappa shape index (κ3) is 3.17. The fourth-order valence-corrected chi connectivity index (χ4v) is 1.19. The predicted octanol–water partition coefficient (Wildman–Crippen LogP) is 2.37. The largest absolute Gasteiger partial charge is 0.324 e. The molecule has 0 bridgehead atoms. The van der Waals surface area contributed by atoms with E-state index < -0.39 is 0 Å². The number of aromatic nitrogens is 1. The minimum Gasteiger partial charge on any atom is -0.324 e. The molecule has 1 amide bonds. The van der Waals surface area contributed by atoms with Crippen LogP contribution >= 0.6 is 0 Å². The Hall–Kier alpha value is -1.38. The minimum atomic E-state index is 0.0519. The smallest absolute Gasteiger partial charge is 0.224 e. The average Bonchev–Trinajstić information content (AvgIpc) is 2.07. The van der Waals surface area contributed by atoms with Gasteiger partial charge in [-0.1, -0.05) is 13.8 Å². The van der Waals surface area contributed by atoms with E-state index in [0.717, 1.165) is 11.4 Å². The maximum atomic E-state index is 11.4. The van der Waals surface area contributed by atoms with E-state index in [0.29, 0.717) is 12.3 Å². The van der Waals surface area contributed by atoms with Gasteiger partial charge in [-0.15, -0.1) is 0 Å². The standard InChI is InChI=1S/C11H16N2O/c1-8(2)7-11(14)13-10-5-4-6-12-9(10)3/h4-6,8H,7H2,1-3H3,(H,13,14). The van der Waals surface area contributed by atoms with E-state index in [9.17, 15) is 4.79 Å². The number of aryl methyl sites for hydroxylation is 1. The number of hydrogen-bond acceptors (Lipinski definition) is 2. The molecule has 0 atom stereocenters. The van der Waals surface area contributed by atoms with Gasteiger partial charge in [-0.25, -0.2) is 0 Å². The number of hydrogen-bond donors (Lipinski definition) is 1. The second-order valence-electron chi connectivity index (χ2n) is 3.78. The zero-order chi connectivity index (χ0) is 10.6. The average molecular weight is 192 g/mol. The summed E-state index contributed by atoms with van der Waals surface area (Å²) in [4.78, 5) is 15.5. The molecule has 0 saturated carbocycles. The van der Waals surface area contributed by atoms with Crippen molar-refractivity contribution >= 4 is 11.6 Å². The number of pyridine rings is 1. The fraction of sp³-hybridized carbons (Fsp3) is 0.455. The molecule has 1 heterocycles. The molecule has 76 valence electrons. The first-order valence-corrected chi connectivity index (χ1v) is 4.81. The van der Waals surface area contributed by atoms with E-state index >= 15 is 0 Å². The topological polar surface area (TPSA) is 42.0 Å². The van der Waals surface area contributed by atoms with E-state index in [4.69, 9.17) is 0 Å². The zero-order valence-corrected chi connectivity index (χ0v) is 8.87. The molecule has 0 aliphatic carbocycles. The Morgan fingerprint density at radius 3 is 2.86 bits per heavy atom. The molecule has 0 radical (unpaired) electrons. The lowest BCUT2D eigenvalue weighted by Gasteiger charge is -2.08. The number of nitrogens with zero attached hydrogens (tertiary/aromatic N) is 1. The normalized spacial score (nSPS) is 10.3. The quantitative estimate of drug-likeness (QED) is 0.798. The highest BCUT2D eigenvalue weighted by Crippen LogP contribution is 2.11. The lowest BCUT2D eigenvalue weighted by Crippen LogP contribution is -2.14. The Balaban J connectivity index is 2.61. The Morgan fingerprint density at radius 1 is 1.57 bits per heavy atom. The van der Waals surface area contributed by atoms with Crippen LogP contribution in [0.4, 0.5) is 5.69 Å². The van der Waals surface area contributed by atoms with Gasteiger partial charge in [0.05, 0.1) is 11.4 Å². The number of carbonyl (C=O) groups is 1. The molecular formula is C11H16N2O. The highest BCUT2D eigenvalue weighted by molar-refractivity contribution is 5.91. The van der Waals surface area contributed by atoms with Crippen molar-refractivity contribution < 1.29 is 4.79 Å².